The molecule has 1 saturated heterocycles. The normalized spacial score (nSPS) is 14.2. The first-order valence-corrected chi connectivity index (χ1v) is 10.1. The zero-order valence-electron chi connectivity index (χ0n) is 13.6. The van der Waals surface area contributed by atoms with Gasteiger partial charge in [-0.3, -0.25) is 19.3 Å². The van der Waals surface area contributed by atoms with Crippen LogP contribution in [0.5, 0.6) is 0 Å². The van der Waals surface area contributed by atoms with Crippen molar-refractivity contribution >= 4 is 46.5 Å². The highest BCUT2D eigenvalue weighted by Gasteiger charge is 2.30. The van der Waals surface area contributed by atoms with Crippen molar-refractivity contribution in [3.63, 3.8) is 0 Å². The molecule has 0 unspecified atom stereocenters. The Morgan fingerprint density at radius 2 is 1.84 bits per heavy atom. The van der Waals surface area contributed by atoms with Crippen molar-refractivity contribution in [3.05, 3.63) is 52.2 Å². The number of rotatable bonds is 7. The molecule has 1 fully saturated rings. The quantitative estimate of drug-likeness (QED) is 0.597. The Bertz CT molecular complexity index is 741. The van der Waals surface area contributed by atoms with Gasteiger partial charge in [0.05, 0.1) is 5.69 Å². The summed E-state index contributed by atoms with van der Waals surface area (Å²) in [6.45, 7) is 0.596. The van der Waals surface area contributed by atoms with Gasteiger partial charge in [-0.2, -0.15) is 23.1 Å². The van der Waals surface area contributed by atoms with E-state index in [9.17, 15) is 14.4 Å². The molecule has 1 N–H and O–H groups in total. The Morgan fingerprint density at radius 1 is 1.12 bits per heavy atom. The summed E-state index contributed by atoms with van der Waals surface area (Å²) in [5, 5.41) is 7.07. The van der Waals surface area contributed by atoms with Gasteiger partial charge in [-0.15, -0.1) is 0 Å². The summed E-state index contributed by atoms with van der Waals surface area (Å²) < 4.78 is 0. The lowest BCUT2D eigenvalue weighted by atomic mass is 10.2. The van der Waals surface area contributed by atoms with E-state index in [0.29, 0.717) is 17.8 Å². The minimum absolute atomic E-state index is 0.151. The van der Waals surface area contributed by atoms with E-state index in [1.165, 1.54) is 10.5 Å². The van der Waals surface area contributed by atoms with Crippen molar-refractivity contribution in [1.82, 2.24) is 5.32 Å². The summed E-state index contributed by atoms with van der Waals surface area (Å²) in [6, 6.07) is 8.67. The summed E-state index contributed by atoms with van der Waals surface area (Å²) in [5.74, 6) is 1.26. The number of imide groups is 1. The van der Waals surface area contributed by atoms with Crippen LogP contribution in [0.2, 0.25) is 0 Å². The molecule has 0 atom stereocenters. The fraction of sp³-hybridized carbons (Fsp3) is 0.278. The molecule has 3 rings (SSSR count). The van der Waals surface area contributed by atoms with Crippen LogP contribution >= 0.6 is 23.1 Å². The smallest absolute Gasteiger partial charge is 0.251 e. The molecule has 25 heavy (non-hydrogen) atoms. The van der Waals surface area contributed by atoms with Crippen molar-refractivity contribution in [1.29, 1.82) is 0 Å². The minimum atomic E-state index is -0.190. The Morgan fingerprint density at radius 3 is 2.48 bits per heavy atom. The van der Waals surface area contributed by atoms with Crippen LogP contribution in [0, 0.1) is 0 Å². The average molecular weight is 374 g/mol. The summed E-state index contributed by atoms with van der Waals surface area (Å²) in [5.41, 5.74) is 2.35. The monoisotopic (exact) mass is 374 g/mol. The van der Waals surface area contributed by atoms with Crippen molar-refractivity contribution in [2.24, 2.45) is 0 Å². The lowest BCUT2D eigenvalue weighted by Crippen LogP contribution is -2.29. The number of hydrogen-bond donors (Lipinski definition) is 1. The molecule has 130 valence electrons. The Kier molecular flexibility index (Phi) is 5.88. The fourth-order valence-corrected chi connectivity index (χ4v) is 4.11. The Balaban J connectivity index is 1.46. The predicted octanol–water partition coefficient (Wildman–Crippen LogP) is 3.06. The molecule has 1 aromatic heterocycles. The molecule has 0 bridgehead atoms. The molecule has 2 aromatic rings. The number of anilines is 1. The van der Waals surface area contributed by atoms with E-state index in [1.54, 1.807) is 47.4 Å². The number of thiophene rings is 1. The highest BCUT2D eigenvalue weighted by molar-refractivity contribution is 7.98. The molecule has 1 aliphatic heterocycles. The number of thioether (sulfide) groups is 1. The minimum Gasteiger partial charge on any atom is -0.351 e. The number of nitrogens with zero attached hydrogens (tertiary/aromatic N) is 1. The van der Waals surface area contributed by atoms with Gasteiger partial charge in [0.1, 0.15) is 0 Å². The fourth-order valence-electron chi connectivity index (χ4n) is 2.53. The highest BCUT2D eigenvalue weighted by atomic mass is 32.2. The first-order valence-electron chi connectivity index (χ1n) is 7.98. The van der Waals surface area contributed by atoms with Crippen LogP contribution in [0.4, 0.5) is 5.69 Å². The molecule has 5 nitrogen and oxygen atoms in total. The summed E-state index contributed by atoms with van der Waals surface area (Å²) in [6.07, 6.45) is 0.508. The van der Waals surface area contributed by atoms with Gasteiger partial charge < -0.3 is 5.32 Å². The van der Waals surface area contributed by atoms with E-state index in [2.05, 4.69) is 22.1 Å². The van der Waals surface area contributed by atoms with Gasteiger partial charge in [0, 0.05) is 36.5 Å². The molecule has 1 aliphatic rings. The average Bonchev–Trinajstić information content (AvgIpc) is 3.24. The third-order valence-corrected chi connectivity index (χ3v) is 5.58. The van der Waals surface area contributed by atoms with Crippen molar-refractivity contribution < 1.29 is 14.4 Å². The maximum atomic E-state index is 12.1. The topological polar surface area (TPSA) is 66.5 Å². The number of hydrogen-bond acceptors (Lipinski definition) is 5. The molecular weight excluding hydrogens is 356 g/mol. The maximum Gasteiger partial charge on any atom is 0.251 e. The number of nitrogens with one attached hydrogen (secondary N) is 1. The van der Waals surface area contributed by atoms with Crippen LogP contribution in [-0.4, -0.2) is 30.0 Å². The van der Waals surface area contributed by atoms with Crippen molar-refractivity contribution in [3.8, 4) is 0 Å². The maximum absolute atomic E-state index is 12.1. The van der Waals surface area contributed by atoms with Crippen LogP contribution in [0.25, 0.3) is 0 Å². The standard InChI is InChI=1S/C18H18N2O3S2/c21-16-5-6-17(22)20(16)15-3-1-14(2-4-15)18(23)19-8-10-25-12-13-7-9-24-11-13/h1-4,7,9,11H,5-6,8,10,12H2,(H,19,23). The molecule has 7 heteroatoms. The number of carbonyl (C=O) groups is 3. The largest absolute Gasteiger partial charge is 0.351 e. The molecule has 3 amide bonds. The number of benzene rings is 1. The third kappa shape index (κ3) is 4.49. The van der Waals surface area contributed by atoms with Gasteiger partial charge in [-0.1, -0.05) is 0 Å². The zero-order valence-corrected chi connectivity index (χ0v) is 15.2. The van der Waals surface area contributed by atoms with Crippen LogP contribution in [0.15, 0.2) is 41.1 Å². The molecule has 1 aromatic carbocycles. The number of carbonyl (C=O) groups excluding carboxylic acids is 3. The van der Waals surface area contributed by atoms with E-state index in [0.717, 1.165) is 11.5 Å². The highest BCUT2D eigenvalue weighted by Crippen LogP contribution is 2.22. The van der Waals surface area contributed by atoms with E-state index >= 15 is 0 Å². The second-order valence-electron chi connectivity index (χ2n) is 5.61. The van der Waals surface area contributed by atoms with E-state index < -0.39 is 0 Å². The predicted molar refractivity (Wildman–Crippen MR) is 101 cm³/mol. The molecule has 2 heterocycles. The van der Waals surface area contributed by atoms with Gasteiger partial charge in [0.15, 0.2) is 0 Å². The van der Waals surface area contributed by atoms with Crippen molar-refractivity contribution in [2.45, 2.75) is 18.6 Å². The van der Waals surface area contributed by atoms with Gasteiger partial charge in [0.2, 0.25) is 11.8 Å². The lowest BCUT2D eigenvalue weighted by molar-refractivity contribution is -0.121. The molecular formula is C18H18N2O3S2. The Labute approximate surface area is 154 Å². The third-order valence-electron chi connectivity index (χ3n) is 3.82. The van der Waals surface area contributed by atoms with E-state index in [1.807, 2.05) is 0 Å². The molecule has 0 aliphatic carbocycles. The van der Waals surface area contributed by atoms with Crippen molar-refractivity contribution in [2.75, 3.05) is 17.2 Å². The second-order valence-corrected chi connectivity index (χ2v) is 7.50. The lowest BCUT2D eigenvalue weighted by Gasteiger charge is -2.14. The SMILES string of the molecule is O=C(NCCSCc1ccsc1)c1ccc(N2C(=O)CCC2=O)cc1. The zero-order chi connectivity index (χ0) is 17.6. The molecule has 0 spiro atoms. The first kappa shape index (κ1) is 17.7. The van der Waals surface area contributed by atoms with E-state index in [-0.39, 0.29) is 30.6 Å². The summed E-state index contributed by atoms with van der Waals surface area (Å²) in [7, 11) is 0. The van der Waals surface area contributed by atoms with Crippen LogP contribution < -0.4 is 10.2 Å². The summed E-state index contributed by atoms with van der Waals surface area (Å²) >= 11 is 3.47. The van der Waals surface area contributed by atoms with Crippen LogP contribution in [0.3, 0.4) is 0 Å². The molecule has 0 saturated carbocycles. The van der Waals surface area contributed by atoms with Gasteiger partial charge in [-0.25, -0.2) is 0 Å². The molecule has 0 radical (unpaired) electrons. The van der Waals surface area contributed by atoms with Gasteiger partial charge >= 0.3 is 0 Å². The second kappa shape index (κ2) is 8.31. The Hall–Kier alpha value is -2.12. The first-order chi connectivity index (χ1) is 12.1. The van der Waals surface area contributed by atoms with Gasteiger partial charge in [-0.05, 0) is 46.7 Å². The van der Waals surface area contributed by atoms with Crippen LogP contribution in [0.1, 0.15) is 28.8 Å². The van der Waals surface area contributed by atoms with Gasteiger partial charge in [0.25, 0.3) is 5.91 Å². The summed E-state index contributed by atoms with van der Waals surface area (Å²) in [4.78, 5) is 36.7. The number of amides is 3. The van der Waals surface area contributed by atoms with E-state index in [4.69, 9.17) is 0 Å². The van der Waals surface area contributed by atoms with Crippen LogP contribution in [-0.2, 0) is 15.3 Å².